The Kier molecular flexibility index (Phi) is 5.41. The lowest BCUT2D eigenvalue weighted by Gasteiger charge is -2.35. The van der Waals surface area contributed by atoms with E-state index in [4.69, 9.17) is 4.74 Å². The number of nitrogens with zero attached hydrogens (tertiary/aromatic N) is 1. The highest BCUT2D eigenvalue weighted by molar-refractivity contribution is 7.92. The summed E-state index contributed by atoms with van der Waals surface area (Å²) < 4.78 is 47.0. The largest absolute Gasteiger partial charge is 0.476 e. The van der Waals surface area contributed by atoms with Gasteiger partial charge in [-0.15, -0.1) is 0 Å². The van der Waals surface area contributed by atoms with Crippen molar-refractivity contribution in [3.05, 3.63) is 83.7 Å². The van der Waals surface area contributed by atoms with Gasteiger partial charge in [-0.05, 0) is 67.9 Å². The molecule has 1 heterocycles. The van der Waals surface area contributed by atoms with Crippen LogP contribution < -0.4 is 14.4 Å². The lowest BCUT2D eigenvalue weighted by atomic mass is 10.1. The molecule has 1 unspecified atom stereocenters. The molecule has 0 radical (unpaired) electrons. The number of anilines is 2. The van der Waals surface area contributed by atoms with Crippen molar-refractivity contribution in [3.8, 4) is 5.75 Å². The first-order valence-corrected chi connectivity index (χ1v) is 11.1. The fraction of sp³-hybridized carbons (Fsp3) is 0.174. The molecular formula is C23H21FN2O4S. The number of halogens is 1. The third-order valence-corrected chi connectivity index (χ3v) is 6.79. The maximum absolute atomic E-state index is 13.4. The monoisotopic (exact) mass is 440 g/mol. The van der Waals surface area contributed by atoms with Crippen molar-refractivity contribution in [1.82, 2.24) is 0 Å². The van der Waals surface area contributed by atoms with Crippen LogP contribution in [0.15, 0.2) is 71.6 Å². The molecule has 0 bridgehead atoms. The molecule has 0 aliphatic carbocycles. The maximum Gasteiger partial charge on any atom is 0.267 e. The zero-order valence-corrected chi connectivity index (χ0v) is 17.8. The molecule has 6 nitrogen and oxygen atoms in total. The molecule has 0 aromatic heterocycles. The summed E-state index contributed by atoms with van der Waals surface area (Å²) in [5.41, 5.74) is 2.56. The topological polar surface area (TPSA) is 75.7 Å². The summed E-state index contributed by atoms with van der Waals surface area (Å²) in [7, 11) is -3.93. The molecule has 3 aromatic carbocycles. The SMILES string of the molecule is Cc1ccc(S(=O)(=O)N2CC(C(=O)Nc3ccc(F)cc3)Oc3cc(C)ccc32)cc1. The summed E-state index contributed by atoms with van der Waals surface area (Å²) in [5, 5.41) is 2.65. The van der Waals surface area contributed by atoms with Crippen molar-refractivity contribution in [2.24, 2.45) is 0 Å². The number of hydrogen-bond acceptors (Lipinski definition) is 4. The minimum atomic E-state index is -3.93. The molecule has 4 rings (SSSR count). The predicted octanol–water partition coefficient (Wildman–Crippen LogP) is 4.04. The third-order valence-electron chi connectivity index (χ3n) is 5.00. The van der Waals surface area contributed by atoms with E-state index < -0.39 is 27.9 Å². The molecule has 0 saturated heterocycles. The molecule has 0 saturated carbocycles. The number of fused-ring (bicyclic) bond motifs is 1. The minimum Gasteiger partial charge on any atom is -0.476 e. The van der Waals surface area contributed by atoms with E-state index in [1.165, 1.54) is 28.6 Å². The number of carbonyl (C=O) groups is 1. The molecule has 1 atom stereocenters. The van der Waals surface area contributed by atoms with Gasteiger partial charge in [0, 0.05) is 5.69 Å². The quantitative estimate of drug-likeness (QED) is 0.665. The fourth-order valence-corrected chi connectivity index (χ4v) is 4.79. The van der Waals surface area contributed by atoms with Crippen LogP contribution in [0.2, 0.25) is 0 Å². The second-order valence-electron chi connectivity index (χ2n) is 7.42. The second kappa shape index (κ2) is 8.03. The molecule has 8 heteroatoms. The smallest absolute Gasteiger partial charge is 0.267 e. The predicted molar refractivity (Wildman–Crippen MR) is 116 cm³/mol. The number of aryl methyl sites for hydroxylation is 2. The van der Waals surface area contributed by atoms with E-state index in [1.54, 1.807) is 42.5 Å². The van der Waals surface area contributed by atoms with Gasteiger partial charge in [0.15, 0.2) is 6.10 Å². The zero-order chi connectivity index (χ0) is 22.2. The highest BCUT2D eigenvalue weighted by atomic mass is 32.2. The maximum atomic E-state index is 13.4. The summed E-state index contributed by atoms with van der Waals surface area (Å²) in [6.07, 6.45) is -1.08. The molecule has 1 N–H and O–H groups in total. The van der Waals surface area contributed by atoms with Crippen molar-refractivity contribution in [3.63, 3.8) is 0 Å². The summed E-state index contributed by atoms with van der Waals surface area (Å²) in [6.45, 7) is 3.53. The average Bonchev–Trinajstić information content (AvgIpc) is 2.74. The Morgan fingerprint density at radius 1 is 1.00 bits per heavy atom. The molecule has 0 spiro atoms. The van der Waals surface area contributed by atoms with Gasteiger partial charge in [0.1, 0.15) is 11.6 Å². The van der Waals surface area contributed by atoms with Crippen molar-refractivity contribution < 1.29 is 22.3 Å². The first kappa shape index (κ1) is 20.9. The summed E-state index contributed by atoms with van der Waals surface area (Å²) in [4.78, 5) is 13.0. The van der Waals surface area contributed by atoms with Crippen molar-refractivity contribution in [2.45, 2.75) is 24.8 Å². The van der Waals surface area contributed by atoms with Crippen LogP contribution in [0.5, 0.6) is 5.75 Å². The van der Waals surface area contributed by atoms with E-state index in [9.17, 15) is 17.6 Å². The summed E-state index contributed by atoms with van der Waals surface area (Å²) in [6, 6.07) is 17.0. The van der Waals surface area contributed by atoms with Gasteiger partial charge in [0.2, 0.25) is 0 Å². The number of nitrogens with one attached hydrogen (secondary N) is 1. The molecule has 1 aliphatic heterocycles. The third kappa shape index (κ3) is 4.25. The van der Waals surface area contributed by atoms with Crippen LogP contribution in [0.1, 0.15) is 11.1 Å². The number of hydrogen-bond donors (Lipinski definition) is 1. The number of rotatable bonds is 4. The van der Waals surface area contributed by atoms with Crippen LogP contribution in [-0.2, 0) is 14.8 Å². The summed E-state index contributed by atoms with van der Waals surface area (Å²) in [5.74, 6) is -0.643. The molecule has 31 heavy (non-hydrogen) atoms. The van der Waals surface area contributed by atoms with Crippen LogP contribution >= 0.6 is 0 Å². The Labute approximate surface area is 180 Å². The Bertz CT molecular complexity index is 1230. The normalized spacial score (nSPS) is 15.7. The van der Waals surface area contributed by atoms with Crippen LogP contribution in [-0.4, -0.2) is 27.0 Å². The van der Waals surface area contributed by atoms with Crippen molar-refractivity contribution >= 4 is 27.3 Å². The molecule has 0 fully saturated rings. The Morgan fingerprint density at radius 2 is 1.65 bits per heavy atom. The Balaban J connectivity index is 1.69. The number of amides is 1. The molecular weight excluding hydrogens is 419 g/mol. The van der Waals surface area contributed by atoms with Crippen molar-refractivity contribution in [1.29, 1.82) is 0 Å². The molecule has 3 aromatic rings. The Morgan fingerprint density at radius 3 is 2.32 bits per heavy atom. The first-order valence-electron chi connectivity index (χ1n) is 9.67. The zero-order valence-electron chi connectivity index (χ0n) is 17.0. The van der Waals surface area contributed by atoms with Crippen LogP contribution in [0.4, 0.5) is 15.8 Å². The molecule has 1 aliphatic rings. The number of sulfonamides is 1. The number of carbonyl (C=O) groups excluding carboxylic acids is 1. The fourth-order valence-electron chi connectivity index (χ4n) is 3.32. The lowest BCUT2D eigenvalue weighted by Crippen LogP contribution is -2.48. The first-order chi connectivity index (χ1) is 14.7. The van der Waals surface area contributed by atoms with E-state index in [0.29, 0.717) is 17.1 Å². The van der Waals surface area contributed by atoms with Gasteiger partial charge in [-0.1, -0.05) is 23.8 Å². The van der Waals surface area contributed by atoms with Gasteiger partial charge in [0.05, 0.1) is 17.1 Å². The number of ether oxygens (including phenoxy) is 1. The minimum absolute atomic E-state index is 0.129. The van der Waals surface area contributed by atoms with Crippen LogP contribution in [0.3, 0.4) is 0 Å². The van der Waals surface area contributed by atoms with E-state index in [2.05, 4.69) is 5.32 Å². The van der Waals surface area contributed by atoms with Gasteiger partial charge < -0.3 is 10.1 Å². The van der Waals surface area contributed by atoms with E-state index in [-0.39, 0.29) is 11.4 Å². The van der Waals surface area contributed by atoms with Crippen LogP contribution in [0.25, 0.3) is 0 Å². The van der Waals surface area contributed by atoms with Gasteiger partial charge in [-0.25, -0.2) is 12.8 Å². The van der Waals surface area contributed by atoms with Gasteiger partial charge >= 0.3 is 0 Å². The second-order valence-corrected chi connectivity index (χ2v) is 9.29. The average molecular weight is 440 g/mol. The van der Waals surface area contributed by atoms with E-state index in [0.717, 1.165) is 11.1 Å². The van der Waals surface area contributed by atoms with E-state index >= 15 is 0 Å². The van der Waals surface area contributed by atoms with Gasteiger partial charge in [-0.2, -0.15) is 0 Å². The highest BCUT2D eigenvalue weighted by Gasteiger charge is 2.37. The summed E-state index contributed by atoms with van der Waals surface area (Å²) >= 11 is 0. The van der Waals surface area contributed by atoms with E-state index in [1.807, 2.05) is 13.8 Å². The lowest BCUT2D eigenvalue weighted by molar-refractivity contribution is -0.122. The van der Waals surface area contributed by atoms with Crippen LogP contribution in [0, 0.1) is 19.7 Å². The Hall–Kier alpha value is -3.39. The highest BCUT2D eigenvalue weighted by Crippen LogP contribution is 2.38. The molecule has 1 amide bonds. The van der Waals surface area contributed by atoms with Crippen molar-refractivity contribution in [2.75, 3.05) is 16.2 Å². The van der Waals surface area contributed by atoms with Gasteiger partial charge in [0.25, 0.3) is 15.9 Å². The van der Waals surface area contributed by atoms with Gasteiger partial charge in [-0.3, -0.25) is 9.10 Å². The number of benzene rings is 3. The standard InChI is InChI=1S/C23H21FN2O4S/c1-15-3-10-19(11-4-15)31(28,29)26-14-22(30-21-13-16(2)5-12-20(21)26)23(27)25-18-8-6-17(24)7-9-18/h3-13,22H,14H2,1-2H3,(H,25,27). The molecule has 160 valence electrons.